The highest BCUT2D eigenvalue weighted by Crippen LogP contribution is 2.59. The maximum absolute atomic E-state index is 14.6. The van der Waals surface area contributed by atoms with E-state index in [2.05, 4.69) is 0 Å². The van der Waals surface area contributed by atoms with E-state index in [1.54, 1.807) is 104 Å². The van der Waals surface area contributed by atoms with Crippen molar-refractivity contribution in [1.29, 1.82) is 0 Å². The molecule has 17 heteroatoms. The van der Waals surface area contributed by atoms with Crippen molar-refractivity contribution in [2.75, 3.05) is 0 Å². The summed E-state index contributed by atoms with van der Waals surface area (Å²) < 4.78 is 70.1. The molecule has 2 aliphatic rings. The number of ether oxygens (including phenoxy) is 1. The summed E-state index contributed by atoms with van der Waals surface area (Å²) in [4.78, 5) is 40.0. The number of para-hydroxylation sites is 4. The van der Waals surface area contributed by atoms with Crippen LogP contribution in [0.5, 0.6) is 23.0 Å². The van der Waals surface area contributed by atoms with Gasteiger partial charge in [0.05, 0.1) is 23.0 Å². The number of rotatable bonds is 17. The second-order valence-corrected chi connectivity index (χ2v) is 16.1. The number of phosphoric ester groups is 2. The number of amides is 1. The molecule has 7 rings (SSSR count). The van der Waals surface area contributed by atoms with Gasteiger partial charge in [-0.3, -0.25) is 24.3 Å². The first-order valence-corrected chi connectivity index (χ1v) is 20.9. The van der Waals surface area contributed by atoms with Crippen LogP contribution in [0.15, 0.2) is 157 Å². The summed E-state index contributed by atoms with van der Waals surface area (Å²) in [6, 6.07) is 37.2. The number of carbonyl (C=O) groups is 2. The zero-order valence-corrected chi connectivity index (χ0v) is 32.8. The van der Waals surface area contributed by atoms with Gasteiger partial charge in [0, 0.05) is 18.1 Å². The molecule has 5 aromatic rings. The zero-order valence-electron chi connectivity index (χ0n) is 31.0. The van der Waals surface area contributed by atoms with Crippen LogP contribution < -0.4 is 18.1 Å². The first-order chi connectivity index (χ1) is 27.9. The molecule has 15 nitrogen and oxygen atoms in total. The summed E-state index contributed by atoms with van der Waals surface area (Å²) >= 11 is 0. The Morgan fingerprint density at radius 1 is 0.690 bits per heavy atom. The molecule has 0 saturated carbocycles. The number of nitrogens with zero attached hydrogens (tertiary/aromatic N) is 2. The third kappa shape index (κ3) is 8.92. The number of fused-ring (bicyclic) bond motifs is 1. The van der Waals surface area contributed by atoms with Gasteiger partial charge in [0.2, 0.25) is 5.91 Å². The van der Waals surface area contributed by atoms with Crippen LogP contribution in [0.2, 0.25) is 0 Å². The Labute approximate surface area is 333 Å². The summed E-state index contributed by atoms with van der Waals surface area (Å²) in [6.07, 6.45) is -1.14. The topological polar surface area (TPSA) is 179 Å². The number of β-lactam (4-membered cyclic amide) rings is 1. The van der Waals surface area contributed by atoms with Gasteiger partial charge in [-0.1, -0.05) is 79.7 Å². The van der Waals surface area contributed by atoms with E-state index >= 15 is 0 Å². The molecule has 4 atom stereocenters. The molecule has 0 aromatic heterocycles. The number of benzene rings is 5. The molecule has 0 aliphatic carbocycles. The molecule has 3 unspecified atom stereocenters. The minimum Gasteiger partial charge on any atom is -0.456 e. The van der Waals surface area contributed by atoms with Gasteiger partial charge < -0.3 is 27.4 Å². The van der Waals surface area contributed by atoms with Crippen molar-refractivity contribution in [2.24, 2.45) is 11.8 Å². The van der Waals surface area contributed by atoms with E-state index in [-0.39, 0.29) is 46.7 Å². The minimum atomic E-state index is -4.70. The standard InChI is InChI=1S/C41H36N2O13P2/c1-28-37-36(29(2)51-57(48,52-32-15-7-3-8-16-32)53-33-17-9-4-10-18-33)40(44)42(37)38(41(45)50-27-30-23-25-31(26-24-30)43(46)47)39(28)56-58(49,54-34-19-11-5-12-20-34)55-35-21-13-6-14-22-35/h3-26,28-29,36-37H,27H2,1-2H3/t28?,29?,36?,37-/m1/s1. The summed E-state index contributed by atoms with van der Waals surface area (Å²) in [7, 11) is -9.19. The number of carbonyl (C=O) groups excluding carboxylic acids is 2. The first kappa shape index (κ1) is 39.8. The molecular weight excluding hydrogens is 790 g/mol. The van der Waals surface area contributed by atoms with Gasteiger partial charge >= 0.3 is 21.6 Å². The monoisotopic (exact) mass is 826 g/mol. The predicted octanol–water partition coefficient (Wildman–Crippen LogP) is 9.28. The number of non-ortho nitro benzene ring substituents is 1. The molecule has 2 heterocycles. The minimum absolute atomic E-state index is 0.127. The van der Waals surface area contributed by atoms with Crippen LogP contribution in [-0.4, -0.2) is 33.8 Å². The Kier molecular flexibility index (Phi) is 11.7. The van der Waals surface area contributed by atoms with Crippen LogP contribution in [0, 0.1) is 22.0 Å². The average Bonchev–Trinajstić information content (AvgIpc) is 3.44. The van der Waals surface area contributed by atoms with Crippen molar-refractivity contribution < 1.29 is 55.5 Å². The van der Waals surface area contributed by atoms with E-state index in [0.717, 1.165) is 4.90 Å². The van der Waals surface area contributed by atoms with Crippen LogP contribution in [0.1, 0.15) is 19.4 Å². The smallest absolute Gasteiger partial charge is 0.456 e. The number of hydrogen-bond acceptors (Lipinski definition) is 13. The van der Waals surface area contributed by atoms with Gasteiger partial charge in [-0.2, -0.15) is 4.57 Å². The molecular formula is C41H36N2O13P2. The molecule has 0 spiro atoms. The summed E-state index contributed by atoms with van der Waals surface area (Å²) in [5.74, 6) is -3.18. The number of nitro benzene ring substituents is 1. The molecule has 0 radical (unpaired) electrons. The summed E-state index contributed by atoms with van der Waals surface area (Å²) in [6.45, 7) is 2.83. The molecule has 0 bridgehead atoms. The fourth-order valence-corrected chi connectivity index (χ4v) is 9.29. The molecule has 58 heavy (non-hydrogen) atoms. The highest BCUT2D eigenvalue weighted by Gasteiger charge is 2.63. The Morgan fingerprint density at radius 2 is 1.12 bits per heavy atom. The van der Waals surface area contributed by atoms with E-state index in [1.807, 2.05) is 0 Å². The van der Waals surface area contributed by atoms with Crippen molar-refractivity contribution in [3.05, 3.63) is 173 Å². The van der Waals surface area contributed by atoms with E-state index in [0.29, 0.717) is 5.56 Å². The Balaban J connectivity index is 1.20. The van der Waals surface area contributed by atoms with Crippen molar-refractivity contribution in [2.45, 2.75) is 32.6 Å². The largest absolute Gasteiger partial charge is 0.646 e. The normalized spacial score (nSPS) is 18.0. The first-order valence-electron chi connectivity index (χ1n) is 18.0. The van der Waals surface area contributed by atoms with Gasteiger partial charge in [-0.05, 0) is 73.2 Å². The molecule has 1 amide bonds. The Morgan fingerprint density at radius 3 is 1.55 bits per heavy atom. The maximum atomic E-state index is 14.6. The van der Waals surface area contributed by atoms with E-state index < -0.39 is 56.4 Å². The van der Waals surface area contributed by atoms with Gasteiger partial charge in [-0.25, -0.2) is 9.36 Å². The van der Waals surface area contributed by atoms with Gasteiger partial charge in [0.15, 0.2) is 5.70 Å². The van der Waals surface area contributed by atoms with Crippen LogP contribution >= 0.6 is 15.6 Å². The number of hydrogen-bond donors (Lipinski definition) is 0. The van der Waals surface area contributed by atoms with E-state index in [4.69, 9.17) is 31.9 Å². The lowest BCUT2D eigenvalue weighted by atomic mass is 9.79. The van der Waals surface area contributed by atoms with Crippen LogP contribution in [0.3, 0.4) is 0 Å². The van der Waals surface area contributed by atoms with Crippen molar-refractivity contribution in [3.63, 3.8) is 0 Å². The zero-order chi connectivity index (χ0) is 40.9. The summed E-state index contributed by atoms with van der Waals surface area (Å²) in [5, 5.41) is 11.2. The third-order valence-electron chi connectivity index (χ3n) is 9.15. The number of phosphoric acid groups is 2. The number of nitro groups is 1. The van der Waals surface area contributed by atoms with Crippen LogP contribution in [-0.2, 0) is 39.1 Å². The fraction of sp³-hybridized carbons (Fsp3) is 0.171. The maximum Gasteiger partial charge on any atom is 0.646 e. The predicted molar refractivity (Wildman–Crippen MR) is 208 cm³/mol. The summed E-state index contributed by atoms with van der Waals surface area (Å²) in [5.41, 5.74) is -0.113. The Hall–Kier alpha value is -6.40. The second kappa shape index (κ2) is 17.0. The highest BCUT2D eigenvalue weighted by atomic mass is 31.2. The molecule has 298 valence electrons. The molecule has 5 aromatic carbocycles. The van der Waals surface area contributed by atoms with Gasteiger partial charge in [0.1, 0.15) is 35.4 Å². The van der Waals surface area contributed by atoms with Crippen molar-refractivity contribution in [3.8, 4) is 23.0 Å². The lowest BCUT2D eigenvalue weighted by Crippen LogP contribution is -2.64. The van der Waals surface area contributed by atoms with Crippen molar-refractivity contribution in [1.82, 2.24) is 4.90 Å². The second-order valence-electron chi connectivity index (χ2n) is 13.1. The molecule has 2 aliphatic heterocycles. The lowest BCUT2D eigenvalue weighted by Gasteiger charge is -2.47. The molecule has 1 fully saturated rings. The van der Waals surface area contributed by atoms with Crippen molar-refractivity contribution >= 4 is 33.2 Å². The fourth-order valence-electron chi connectivity index (χ4n) is 6.50. The van der Waals surface area contributed by atoms with E-state index in [1.165, 1.54) is 55.5 Å². The molecule has 0 N–H and O–H groups in total. The van der Waals surface area contributed by atoms with Crippen LogP contribution in [0.4, 0.5) is 5.69 Å². The van der Waals surface area contributed by atoms with Gasteiger partial charge in [-0.15, -0.1) is 0 Å². The quantitative estimate of drug-likeness (QED) is 0.0285. The third-order valence-corrected chi connectivity index (χ3v) is 11.9. The molecule has 1 saturated heterocycles. The average molecular weight is 827 g/mol. The highest BCUT2D eigenvalue weighted by molar-refractivity contribution is 7.49. The van der Waals surface area contributed by atoms with E-state index in [9.17, 15) is 28.8 Å². The van der Waals surface area contributed by atoms with Gasteiger partial charge in [0.25, 0.3) is 5.69 Å². The number of esters is 1. The Bertz CT molecular complexity index is 2290. The SMILES string of the molecule is CC(OP(=O)(Oc1ccccc1)Oc1ccccc1)C1C(=O)N2C(C(=O)OCc3ccc([N+](=O)[O-])cc3)=C(OP(=O)(Oc3ccccc3)Oc3ccccc3)C(C)[C@H]12. The van der Waals surface area contributed by atoms with Crippen LogP contribution in [0.25, 0.3) is 0 Å². The lowest BCUT2D eigenvalue weighted by molar-refractivity contribution is -0.384.